The molecule has 0 saturated carbocycles. The van der Waals surface area contributed by atoms with E-state index in [1.165, 1.54) is 6.42 Å². The maximum Gasteiger partial charge on any atom is 0.243 e. The summed E-state index contributed by atoms with van der Waals surface area (Å²) in [5.74, 6) is 1.73. The summed E-state index contributed by atoms with van der Waals surface area (Å²) in [6.07, 6.45) is 4.26. The van der Waals surface area contributed by atoms with Crippen LogP contribution >= 0.6 is 0 Å². The third kappa shape index (κ3) is 3.20. The van der Waals surface area contributed by atoms with Crippen LogP contribution in [0.5, 0.6) is 0 Å². The molecule has 5 heterocycles. The van der Waals surface area contributed by atoms with Crippen molar-refractivity contribution in [2.24, 2.45) is 0 Å². The highest BCUT2D eigenvalue weighted by molar-refractivity contribution is 5.79. The van der Waals surface area contributed by atoms with E-state index in [9.17, 15) is 0 Å². The van der Waals surface area contributed by atoms with Crippen molar-refractivity contribution in [1.82, 2.24) is 30.1 Å². The van der Waals surface area contributed by atoms with Gasteiger partial charge in [0.25, 0.3) is 0 Å². The Bertz CT molecular complexity index is 952. The Labute approximate surface area is 163 Å². The van der Waals surface area contributed by atoms with Gasteiger partial charge in [0.05, 0.1) is 18.9 Å². The van der Waals surface area contributed by atoms with E-state index >= 15 is 0 Å². The van der Waals surface area contributed by atoms with Gasteiger partial charge in [-0.05, 0) is 38.4 Å². The van der Waals surface area contributed by atoms with Gasteiger partial charge in [0.1, 0.15) is 5.82 Å². The van der Waals surface area contributed by atoms with Crippen LogP contribution < -0.4 is 15.5 Å². The fraction of sp³-hybridized carbons (Fsp3) is 0.526. The van der Waals surface area contributed by atoms with E-state index in [0.29, 0.717) is 25.2 Å². The molecule has 0 aliphatic carbocycles. The first-order chi connectivity index (χ1) is 13.8. The fourth-order valence-electron chi connectivity index (χ4n) is 4.07. The molecule has 148 valence electrons. The van der Waals surface area contributed by atoms with Crippen molar-refractivity contribution in [2.45, 2.75) is 25.8 Å². The topological polar surface area (TPSA) is 95.4 Å². The van der Waals surface area contributed by atoms with Gasteiger partial charge < -0.3 is 20.3 Å². The van der Waals surface area contributed by atoms with Crippen LogP contribution in [0.3, 0.4) is 0 Å². The number of anilines is 2. The molecule has 0 aromatic carbocycles. The number of ether oxygens (including phenoxy) is 1. The van der Waals surface area contributed by atoms with Crippen LogP contribution in [0.1, 0.15) is 18.5 Å². The molecule has 2 aliphatic rings. The molecule has 0 amide bonds. The molecule has 0 bridgehead atoms. The number of aromatic nitrogens is 5. The number of aryl methyl sites for hydroxylation is 1. The van der Waals surface area contributed by atoms with Crippen LogP contribution in [-0.2, 0) is 4.74 Å². The Morgan fingerprint density at radius 2 is 2.11 bits per heavy atom. The monoisotopic (exact) mass is 382 g/mol. The molecule has 2 aliphatic heterocycles. The van der Waals surface area contributed by atoms with Gasteiger partial charge in [-0.1, -0.05) is 0 Å². The number of pyridine rings is 1. The van der Waals surface area contributed by atoms with Crippen molar-refractivity contribution in [2.75, 3.05) is 49.6 Å². The number of rotatable bonds is 4. The summed E-state index contributed by atoms with van der Waals surface area (Å²) in [5, 5.41) is 19.0. The Morgan fingerprint density at radius 3 is 2.86 bits per heavy atom. The highest BCUT2D eigenvalue weighted by Crippen LogP contribution is 2.33. The van der Waals surface area contributed by atoms with Crippen molar-refractivity contribution in [3.63, 3.8) is 0 Å². The van der Waals surface area contributed by atoms with Gasteiger partial charge >= 0.3 is 0 Å². The van der Waals surface area contributed by atoms with Gasteiger partial charge in [0.2, 0.25) is 5.95 Å². The zero-order valence-electron chi connectivity index (χ0n) is 16.1. The zero-order chi connectivity index (χ0) is 18.9. The van der Waals surface area contributed by atoms with E-state index in [1.54, 1.807) is 0 Å². The Balaban J connectivity index is 1.58. The summed E-state index contributed by atoms with van der Waals surface area (Å²) < 4.78 is 7.53. The molecule has 0 spiro atoms. The maximum absolute atomic E-state index is 5.57. The van der Waals surface area contributed by atoms with Gasteiger partial charge in [-0.25, -0.2) is 0 Å². The number of nitrogens with zero attached hydrogens (tertiary/aromatic N) is 5. The number of H-pyrrole nitrogens is 1. The van der Waals surface area contributed by atoms with Crippen molar-refractivity contribution in [3.8, 4) is 11.1 Å². The molecular weight excluding hydrogens is 356 g/mol. The second kappa shape index (κ2) is 7.40. The van der Waals surface area contributed by atoms with E-state index < -0.39 is 0 Å². The number of morpholine rings is 1. The Morgan fingerprint density at radius 1 is 1.21 bits per heavy atom. The smallest absolute Gasteiger partial charge is 0.243 e. The van der Waals surface area contributed by atoms with E-state index in [0.717, 1.165) is 60.9 Å². The molecule has 3 aromatic rings. The summed E-state index contributed by atoms with van der Waals surface area (Å²) >= 11 is 0. The maximum atomic E-state index is 5.57. The highest BCUT2D eigenvalue weighted by atomic mass is 16.5. The molecular formula is C19H26N8O. The van der Waals surface area contributed by atoms with Crippen molar-refractivity contribution in [3.05, 3.63) is 24.0 Å². The Kier molecular flexibility index (Phi) is 4.61. The van der Waals surface area contributed by atoms with Crippen LogP contribution in [0.25, 0.3) is 16.8 Å². The van der Waals surface area contributed by atoms with Crippen molar-refractivity contribution in [1.29, 1.82) is 0 Å². The van der Waals surface area contributed by atoms with Crippen LogP contribution in [-0.4, -0.2) is 70.2 Å². The largest absolute Gasteiger partial charge is 0.378 e. The molecule has 2 fully saturated rings. The van der Waals surface area contributed by atoms with E-state index in [-0.39, 0.29) is 0 Å². The van der Waals surface area contributed by atoms with E-state index in [1.807, 2.05) is 23.7 Å². The summed E-state index contributed by atoms with van der Waals surface area (Å²) in [7, 11) is 0. The Hall–Kier alpha value is -2.65. The molecule has 28 heavy (non-hydrogen) atoms. The molecule has 2 saturated heterocycles. The van der Waals surface area contributed by atoms with Gasteiger partial charge in [-0.2, -0.15) is 14.6 Å². The quantitative estimate of drug-likeness (QED) is 0.628. The third-order valence-electron chi connectivity index (χ3n) is 5.53. The lowest BCUT2D eigenvalue weighted by Gasteiger charge is -2.30. The molecule has 1 unspecified atom stereocenters. The molecule has 3 aromatic heterocycles. The van der Waals surface area contributed by atoms with Gasteiger partial charge in [0, 0.05) is 43.0 Å². The fourth-order valence-corrected chi connectivity index (χ4v) is 4.07. The SMILES string of the molecule is Cc1n[nH]cc1-c1ccc2nc(NC3CCCNC3)nn2c1N1CCOCC1. The number of fused-ring (bicyclic) bond motifs is 1. The first-order valence-corrected chi connectivity index (χ1v) is 10.00. The number of aromatic amines is 1. The van der Waals surface area contributed by atoms with Crippen LogP contribution in [0, 0.1) is 6.92 Å². The number of hydrogen-bond acceptors (Lipinski definition) is 7. The lowest BCUT2D eigenvalue weighted by Crippen LogP contribution is -2.38. The lowest BCUT2D eigenvalue weighted by atomic mass is 10.1. The predicted molar refractivity (Wildman–Crippen MR) is 108 cm³/mol. The summed E-state index contributed by atoms with van der Waals surface area (Å²) in [6.45, 7) is 7.15. The van der Waals surface area contributed by atoms with Gasteiger partial charge in [0.15, 0.2) is 5.65 Å². The number of nitrogens with one attached hydrogen (secondary N) is 3. The number of piperidine rings is 1. The average Bonchev–Trinajstić information content (AvgIpc) is 3.34. The molecule has 9 nitrogen and oxygen atoms in total. The predicted octanol–water partition coefficient (Wildman–Crippen LogP) is 1.43. The highest BCUT2D eigenvalue weighted by Gasteiger charge is 2.23. The standard InChI is InChI=1S/C19H26N8O/c1-13-16(12-21-24-13)15-4-5-17-23-19(22-14-3-2-6-20-11-14)25-27(17)18(15)26-7-9-28-10-8-26/h4-5,12,14,20H,2-3,6-11H2,1H3,(H,21,24)(H,22,25). The zero-order valence-corrected chi connectivity index (χ0v) is 16.1. The summed E-state index contributed by atoms with van der Waals surface area (Å²) in [5.41, 5.74) is 4.01. The van der Waals surface area contributed by atoms with Crippen molar-refractivity contribution < 1.29 is 4.74 Å². The first-order valence-electron chi connectivity index (χ1n) is 10.00. The second-order valence-electron chi connectivity index (χ2n) is 7.45. The van der Waals surface area contributed by atoms with E-state index in [2.05, 4.69) is 31.8 Å². The summed E-state index contributed by atoms with van der Waals surface area (Å²) in [4.78, 5) is 7.07. The second-order valence-corrected chi connectivity index (χ2v) is 7.45. The molecule has 5 rings (SSSR count). The lowest BCUT2D eigenvalue weighted by molar-refractivity contribution is 0.122. The van der Waals surface area contributed by atoms with E-state index in [4.69, 9.17) is 14.8 Å². The van der Waals surface area contributed by atoms with Crippen molar-refractivity contribution >= 4 is 17.4 Å². The third-order valence-corrected chi connectivity index (χ3v) is 5.53. The minimum Gasteiger partial charge on any atom is -0.378 e. The minimum atomic E-state index is 0.369. The molecule has 3 N–H and O–H groups in total. The average molecular weight is 382 g/mol. The van der Waals surface area contributed by atoms with Crippen LogP contribution in [0.4, 0.5) is 11.8 Å². The van der Waals surface area contributed by atoms with Gasteiger partial charge in [-0.15, -0.1) is 5.10 Å². The molecule has 1 atom stereocenters. The minimum absolute atomic E-state index is 0.369. The molecule has 0 radical (unpaired) electrons. The first kappa shape index (κ1) is 17.4. The number of hydrogen-bond donors (Lipinski definition) is 3. The molecule has 9 heteroatoms. The van der Waals surface area contributed by atoms with Crippen LogP contribution in [0.15, 0.2) is 18.3 Å². The normalized spacial score (nSPS) is 20.6. The summed E-state index contributed by atoms with van der Waals surface area (Å²) in [6, 6.07) is 4.52. The van der Waals surface area contributed by atoms with Crippen LogP contribution in [0.2, 0.25) is 0 Å². The van der Waals surface area contributed by atoms with Gasteiger partial charge in [-0.3, -0.25) is 5.10 Å².